The molecule has 9 nitrogen and oxygen atoms in total. The van der Waals surface area contributed by atoms with Crippen molar-refractivity contribution in [2.45, 2.75) is 25.8 Å². The van der Waals surface area contributed by atoms with E-state index in [2.05, 4.69) is 25.8 Å². The molecule has 0 spiro atoms. The summed E-state index contributed by atoms with van der Waals surface area (Å²) in [6.45, 7) is 3.70. The summed E-state index contributed by atoms with van der Waals surface area (Å²) in [5, 5.41) is 13.9. The lowest BCUT2D eigenvalue weighted by Crippen LogP contribution is -2.28. The van der Waals surface area contributed by atoms with Gasteiger partial charge in [0, 0.05) is 42.6 Å². The molecule has 29 heavy (non-hydrogen) atoms. The van der Waals surface area contributed by atoms with Gasteiger partial charge in [-0.2, -0.15) is 5.10 Å². The summed E-state index contributed by atoms with van der Waals surface area (Å²) in [5.41, 5.74) is 1.82. The van der Waals surface area contributed by atoms with Crippen molar-refractivity contribution in [1.29, 1.82) is 0 Å². The minimum absolute atomic E-state index is 0.232. The summed E-state index contributed by atoms with van der Waals surface area (Å²) in [4.78, 5) is 9.43. The van der Waals surface area contributed by atoms with Gasteiger partial charge in [0.2, 0.25) is 6.79 Å². The van der Waals surface area contributed by atoms with Crippen LogP contribution in [0.15, 0.2) is 30.3 Å². The number of ether oxygens (including phenoxy) is 3. The van der Waals surface area contributed by atoms with E-state index in [1.807, 2.05) is 37.3 Å². The Kier molecular flexibility index (Phi) is 4.65. The van der Waals surface area contributed by atoms with Crippen molar-refractivity contribution in [2.24, 2.45) is 0 Å². The maximum Gasteiger partial charge on any atom is 0.231 e. The molecule has 2 aliphatic rings. The highest BCUT2D eigenvalue weighted by atomic mass is 16.7. The number of nitrogens with one attached hydrogen (secondary N) is 3. The molecule has 0 radical (unpaired) electrons. The number of nitrogens with zero attached hydrogens (tertiary/aromatic N) is 3. The molecule has 1 fully saturated rings. The van der Waals surface area contributed by atoms with Crippen LogP contribution in [0.4, 0.5) is 17.5 Å². The molecule has 2 aliphatic heterocycles. The van der Waals surface area contributed by atoms with Crippen LogP contribution in [0, 0.1) is 6.92 Å². The standard InChI is InChI=1S/C20H22N6O3/c1-12-8-19(26-25-12)22-18-10-17(21-14-4-6-27-7-5-14)23-20(24-18)13-2-3-15-16(9-13)29-11-28-15/h2-3,8-10,14H,4-7,11H2,1H3,(H3,21,22,23,24,25,26). The number of benzene rings is 1. The number of hydrogen-bond acceptors (Lipinski definition) is 8. The number of hydrogen-bond donors (Lipinski definition) is 3. The molecule has 0 saturated carbocycles. The van der Waals surface area contributed by atoms with Crippen molar-refractivity contribution in [3.05, 3.63) is 36.0 Å². The van der Waals surface area contributed by atoms with Gasteiger partial charge in [-0.05, 0) is 38.0 Å². The van der Waals surface area contributed by atoms with Crippen LogP contribution >= 0.6 is 0 Å². The van der Waals surface area contributed by atoms with Crippen LogP contribution < -0.4 is 20.1 Å². The zero-order chi connectivity index (χ0) is 19.6. The van der Waals surface area contributed by atoms with E-state index in [1.165, 1.54) is 0 Å². The van der Waals surface area contributed by atoms with Gasteiger partial charge in [0.05, 0.1) is 0 Å². The number of H-pyrrole nitrogens is 1. The Balaban J connectivity index is 1.48. The Morgan fingerprint density at radius 3 is 2.62 bits per heavy atom. The van der Waals surface area contributed by atoms with Gasteiger partial charge in [0.25, 0.3) is 0 Å². The Morgan fingerprint density at radius 2 is 1.79 bits per heavy atom. The van der Waals surface area contributed by atoms with Crippen molar-refractivity contribution in [1.82, 2.24) is 20.2 Å². The lowest BCUT2D eigenvalue weighted by Gasteiger charge is -2.24. The smallest absolute Gasteiger partial charge is 0.231 e. The average molecular weight is 394 g/mol. The minimum atomic E-state index is 0.232. The van der Waals surface area contributed by atoms with Gasteiger partial charge >= 0.3 is 0 Å². The molecule has 1 aromatic carbocycles. The number of anilines is 3. The second-order valence-electron chi connectivity index (χ2n) is 7.12. The Morgan fingerprint density at radius 1 is 0.966 bits per heavy atom. The van der Waals surface area contributed by atoms with E-state index >= 15 is 0 Å². The van der Waals surface area contributed by atoms with Gasteiger partial charge in [-0.1, -0.05) is 0 Å². The molecular weight excluding hydrogens is 372 g/mol. The molecule has 3 N–H and O–H groups in total. The van der Waals surface area contributed by atoms with Gasteiger partial charge in [-0.15, -0.1) is 0 Å². The summed E-state index contributed by atoms with van der Waals surface area (Å²) in [6, 6.07) is 9.86. The summed E-state index contributed by atoms with van der Waals surface area (Å²) < 4.78 is 16.4. The highest BCUT2D eigenvalue weighted by Crippen LogP contribution is 2.35. The maximum absolute atomic E-state index is 5.50. The fourth-order valence-corrected chi connectivity index (χ4v) is 3.41. The zero-order valence-electron chi connectivity index (χ0n) is 16.1. The van der Waals surface area contributed by atoms with E-state index in [0.717, 1.165) is 48.9 Å². The second-order valence-corrected chi connectivity index (χ2v) is 7.12. The van der Waals surface area contributed by atoms with Gasteiger partial charge in [0.15, 0.2) is 23.1 Å². The minimum Gasteiger partial charge on any atom is -0.454 e. The van der Waals surface area contributed by atoms with Crippen molar-refractivity contribution < 1.29 is 14.2 Å². The van der Waals surface area contributed by atoms with Crippen LogP contribution in [0.25, 0.3) is 11.4 Å². The first-order chi connectivity index (χ1) is 14.2. The van der Waals surface area contributed by atoms with Crippen LogP contribution in [0.5, 0.6) is 11.5 Å². The average Bonchev–Trinajstić information content (AvgIpc) is 3.36. The third-order valence-electron chi connectivity index (χ3n) is 4.89. The fourth-order valence-electron chi connectivity index (χ4n) is 3.41. The monoisotopic (exact) mass is 394 g/mol. The predicted molar refractivity (Wildman–Crippen MR) is 108 cm³/mol. The topological polar surface area (TPSA) is 106 Å². The maximum atomic E-state index is 5.50. The Bertz CT molecular complexity index is 1020. The van der Waals surface area contributed by atoms with E-state index in [4.69, 9.17) is 19.2 Å². The largest absolute Gasteiger partial charge is 0.454 e. The molecule has 1 saturated heterocycles. The SMILES string of the molecule is Cc1cc(Nc2cc(NC3CCOCC3)nc(-c3ccc4c(c3)OCO4)n2)n[nH]1. The molecule has 9 heteroatoms. The highest BCUT2D eigenvalue weighted by Gasteiger charge is 2.18. The van der Waals surface area contributed by atoms with E-state index in [9.17, 15) is 0 Å². The lowest BCUT2D eigenvalue weighted by molar-refractivity contribution is 0.0904. The van der Waals surface area contributed by atoms with Crippen LogP contribution in [0.2, 0.25) is 0 Å². The molecule has 5 rings (SSSR count). The summed E-state index contributed by atoms with van der Waals surface area (Å²) >= 11 is 0. The van der Waals surface area contributed by atoms with Gasteiger partial charge in [0.1, 0.15) is 11.6 Å². The Hall–Kier alpha value is -3.33. The van der Waals surface area contributed by atoms with Crippen LogP contribution in [0.1, 0.15) is 18.5 Å². The summed E-state index contributed by atoms with van der Waals surface area (Å²) in [6.07, 6.45) is 1.90. The van der Waals surface area contributed by atoms with Crippen LogP contribution in [0.3, 0.4) is 0 Å². The molecule has 150 valence electrons. The molecule has 0 bridgehead atoms. The van der Waals surface area contributed by atoms with E-state index in [0.29, 0.717) is 29.3 Å². The molecule has 0 atom stereocenters. The van der Waals surface area contributed by atoms with E-state index in [-0.39, 0.29) is 6.79 Å². The number of rotatable bonds is 5. The first-order valence-corrected chi connectivity index (χ1v) is 9.65. The van der Waals surface area contributed by atoms with Crippen LogP contribution in [-0.4, -0.2) is 46.2 Å². The molecule has 4 heterocycles. The lowest BCUT2D eigenvalue weighted by atomic mass is 10.1. The highest BCUT2D eigenvalue weighted by molar-refractivity contribution is 5.67. The van der Waals surface area contributed by atoms with Crippen molar-refractivity contribution in [3.8, 4) is 22.9 Å². The van der Waals surface area contributed by atoms with Crippen molar-refractivity contribution >= 4 is 17.5 Å². The normalized spacial score (nSPS) is 16.0. The molecule has 3 aromatic rings. The number of aryl methyl sites for hydroxylation is 1. The third kappa shape index (κ3) is 3.95. The third-order valence-corrected chi connectivity index (χ3v) is 4.89. The quantitative estimate of drug-likeness (QED) is 0.606. The van der Waals surface area contributed by atoms with Gasteiger partial charge < -0.3 is 24.8 Å². The van der Waals surface area contributed by atoms with E-state index in [1.54, 1.807) is 0 Å². The fraction of sp³-hybridized carbons (Fsp3) is 0.350. The number of aromatic amines is 1. The molecule has 0 unspecified atom stereocenters. The zero-order valence-corrected chi connectivity index (χ0v) is 16.1. The first kappa shape index (κ1) is 17.7. The predicted octanol–water partition coefficient (Wildman–Crippen LogP) is 3.24. The van der Waals surface area contributed by atoms with Crippen LogP contribution in [-0.2, 0) is 4.74 Å². The molecule has 2 aromatic heterocycles. The molecule has 0 amide bonds. The van der Waals surface area contributed by atoms with Crippen molar-refractivity contribution in [2.75, 3.05) is 30.6 Å². The molecular formula is C20H22N6O3. The van der Waals surface area contributed by atoms with Gasteiger partial charge in [-0.3, -0.25) is 5.10 Å². The number of fused-ring (bicyclic) bond motifs is 1. The summed E-state index contributed by atoms with van der Waals surface area (Å²) in [7, 11) is 0. The van der Waals surface area contributed by atoms with Crippen molar-refractivity contribution in [3.63, 3.8) is 0 Å². The number of aromatic nitrogens is 4. The van der Waals surface area contributed by atoms with E-state index < -0.39 is 0 Å². The first-order valence-electron chi connectivity index (χ1n) is 9.65. The Labute approximate surface area is 167 Å². The summed E-state index contributed by atoms with van der Waals surface area (Å²) in [5.74, 6) is 4.15. The molecule has 0 aliphatic carbocycles. The second kappa shape index (κ2) is 7.59. The van der Waals surface area contributed by atoms with Gasteiger partial charge in [-0.25, -0.2) is 9.97 Å².